The van der Waals surface area contributed by atoms with Crippen LogP contribution in [0.2, 0.25) is 0 Å². The van der Waals surface area contributed by atoms with Crippen molar-refractivity contribution in [1.29, 1.82) is 0 Å². The van der Waals surface area contributed by atoms with E-state index >= 15 is 0 Å². The fourth-order valence-electron chi connectivity index (χ4n) is 1.66. The van der Waals surface area contributed by atoms with E-state index in [1.54, 1.807) is 7.11 Å². The molecule has 0 fully saturated rings. The SMILES string of the molecule is CCCn1nc(C)c(N)c1OCCCOCCOC. The van der Waals surface area contributed by atoms with Crippen molar-refractivity contribution in [2.45, 2.75) is 33.2 Å². The predicted octanol–water partition coefficient (Wildman–Crippen LogP) is 1.62. The fourth-order valence-corrected chi connectivity index (χ4v) is 1.66. The Hall–Kier alpha value is -1.27. The molecule has 0 amide bonds. The van der Waals surface area contributed by atoms with Crippen molar-refractivity contribution in [2.75, 3.05) is 39.3 Å². The van der Waals surface area contributed by atoms with Gasteiger partial charge in [0, 0.05) is 26.7 Å². The summed E-state index contributed by atoms with van der Waals surface area (Å²) < 4.78 is 17.8. The maximum absolute atomic E-state index is 5.96. The highest BCUT2D eigenvalue weighted by atomic mass is 16.5. The largest absolute Gasteiger partial charge is 0.476 e. The summed E-state index contributed by atoms with van der Waals surface area (Å²) in [5.41, 5.74) is 7.41. The van der Waals surface area contributed by atoms with Crippen molar-refractivity contribution in [3.05, 3.63) is 5.69 Å². The van der Waals surface area contributed by atoms with Crippen LogP contribution in [-0.2, 0) is 16.0 Å². The van der Waals surface area contributed by atoms with Crippen LogP contribution in [-0.4, -0.2) is 43.3 Å². The van der Waals surface area contributed by atoms with Gasteiger partial charge in [0.15, 0.2) is 0 Å². The third kappa shape index (κ3) is 5.08. The summed E-state index contributed by atoms with van der Waals surface area (Å²) in [4.78, 5) is 0. The molecule has 2 N–H and O–H groups in total. The molecule has 6 heteroatoms. The summed E-state index contributed by atoms with van der Waals surface area (Å²) in [5.74, 6) is 0.677. The highest BCUT2D eigenvalue weighted by Gasteiger charge is 2.12. The zero-order chi connectivity index (χ0) is 14.1. The van der Waals surface area contributed by atoms with Gasteiger partial charge in [-0.05, 0) is 13.3 Å². The van der Waals surface area contributed by atoms with E-state index in [1.807, 2.05) is 11.6 Å². The Labute approximate surface area is 114 Å². The van der Waals surface area contributed by atoms with E-state index in [4.69, 9.17) is 19.9 Å². The number of aromatic nitrogens is 2. The second-order valence-electron chi connectivity index (χ2n) is 4.33. The van der Waals surface area contributed by atoms with E-state index in [9.17, 15) is 0 Å². The maximum Gasteiger partial charge on any atom is 0.236 e. The van der Waals surface area contributed by atoms with E-state index in [2.05, 4.69) is 12.0 Å². The van der Waals surface area contributed by atoms with E-state index < -0.39 is 0 Å². The molecule has 1 aromatic heterocycles. The van der Waals surface area contributed by atoms with Crippen molar-refractivity contribution >= 4 is 5.69 Å². The number of methoxy groups -OCH3 is 1. The van der Waals surface area contributed by atoms with Crippen LogP contribution in [0.3, 0.4) is 0 Å². The van der Waals surface area contributed by atoms with Crippen LogP contribution in [0.15, 0.2) is 0 Å². The van der Waals surface area contributed by atoms with E-state index in [0.717, 1.165) is 25.1 Å². The quantitative estimate of drug-likeness (QED) is 0.655. The van der Waals surface area contributed by atoms with Gasteiger partial charge in [-0.2, -0.15) is 5.10 Å². The third-order valence-electron chi connectivity index (χ3n) is 2.66. The monoisotopic (exact) mass is 271 g/mol. The molecule has 1 rings (SSSR count). The topological polar surface area (TPSA) is 71.5 Å². The summed E-state index contributed by atoms with van der Waals surface area (Å²) >= 11 is 0. The number of anilines is 1. The molecule has 110 valence electrons. The summed E-state index contributed by atoms with van der Waals surface area (Å²) in [6.07, 6.45) is 1.82. The average Bonchev–Trinajstić information content (AvgIpc) is 2.65. The molecule has 1 aromatic rings. The number of rotatable bonds is 10. The predicted molar refractivity (Wildman–Crippen MR) is 74.5 cm³/mol. The second-order valence-corrected chi connectivity index (χ2v) is 4.33. The highest BCUT2D eigenvalue weighted by Crippen LogP contribution is 2.25. The molecule has 1 heterocycles. The first-order chi connectivity index (χ1) is 9.20. The van der Waals surface area contributed by atoms with Crippen molar-refractivity contribution < 1.29 is 14.2 Å². The van der Waals surface area contributed by atoms with E-state index in [-0.39, 0.29) is 0 Å². The number of nitrogen functional groups attached to an aromatic ring is 1. The molecule has 6 nitrogen and oxygen atoms in total. The van der Waals surface area contributed by atoms with Crippen LogP contribution in [0.4, 0.5) is 5.69 Å². The number of hydrogen-bond acceptors (Lipinski definition) is 5. The molecule has 0 aliphatic rings. The molecular formula is C13H25N3O3. The van der Waals surface area contributed by atoms with Crippen LogP contribution in [0.25, 0.3) is 0 Å². The average molecular weight is 271 g/mol. The van der Waals surface area contributed by atoms with Crippen LogP contribution in [0.1, 0.15) is 25.5 Å². The van der Waals surface area contributed by atoms with Crippen molar-refractivity contribution in [2.24, 2.45) is 0 Å². The van der Waals surface area contributed by atoms with E-state index in [1.165, 1.54) is 0 Å². The molecule has 0 radical (unpaired) electrons. The van der Waals surface area contributed by atoms with Crippen LogP contribution >= 0.6 is 0 Å². The lowest BCUT2D eigenvalue weighted by atomic mass is 10.4. The summed E-state index contributed by atoms with van der Waals surface area (Å²) in [5, 5.41) is 4.36. The van der Waals surface area contributed by atoms with Gasteiger partial charge in [0.1, 0.15) is 5.69 Å². The smallest absolute Gasteiger partial charge is 0.236 e. The first kappa shape index (κ1) is 15.8. The zero-order valence-corrected chi connectivity index (χ0v) is 12.1. The first-order valence-electron chi connectivity index (χ1n) is 6.73. The Morgan fingerprint density at radius 2 is 2.00 bits per heavy atom. The van der Waals surface area contributed by atoms with Gasteiger partial charge in [0.05, 0.1) is 25.5 Å². The standard InChI is InChI=1S/C13H25N3O3/c1-4-6-16-13(12(14)11(2)15-16)19-8-5-7-18-10-9-17-3/h4-10,14H2,1-3H3. The number of hydrogen-bond donors (Lipinski definition) is 1. The second kappa shape index (κ2) is 8.77. The van der Waals surface area contributed by atoms with Gasteiger partial charge in [0.25, 0.3) is 0 Å². The molecule has 0 aliphatic carbocycles. The third-order valence-corrected chi connectivity index (χ3v) is 2.66. The van der Waals surface area contributed by atoms with Crippen molar-refractivity contribution in [1.82, 2.24) is 9.78 Å². The Morgan fingerprint density at radius 3 is 2.68 bits per heavy atom. The molecular weight excluding hydrogens is 246 g/mol. The minimum atomic E-state index is 0.575. The Morgan fingerprint density at radius 1 is 1.21 bits per heavy atom. The normalized spacial score (nSPS) is 10.9. The van der Waals surface area contributed by atoms with Crippen LogP contribution in [0, 0.1) is 6.92 Å². The Bertz CT molecular complexity index is 366. The summed E-state index contributed by atoms with van der Waals surface area (Å²) in [7, 11) is 1.66. The molecule has 0 saturated carbocycles. The number of nitrogens with zero attached hydrogens (tertiary/aromatic N) is 2. The lowest BCUT2D eigenvalue weighted by Gasteiger charge is -2.09. The highest BCUT2D eigenvalue weighted by molar-refractivity contribution is 5.52. The van der Waals surface area contributed by atoms with Crippen LogP contribution in [0.5, 0.6) is 5.88 Å². The van der Waals surface area contributed by atoms with Crippen LogP contribution < -0.4 is 10.5 Å². The van der Waals surface area contributed by atoms with E-state index in [0.29, 0.717) is 38.0 Å². The lowest BCUT2D eigenvalue weighted by molar-refractivity contribution is 0.0639. The van der Waals surface area contributed by atoms with Gasteiger partial charge in [-0.3, -0.25) is 0 Å². The fraction of sp³-hybridized carbons (Fsp3) is 0.769. The number of nitrogens with two attached hydrogens (primary N) is 1. The van der Waals surface area contributed by atoms with Gasteiger partial charge in [-0.15, -0.1) is 0 Å². The van der Waals surface area contributed by atoms with Crippen molar-refractivity contribution in [3.8, 4) is 5.88 Å². The zero-order valence-electron chi connectivity index (χ0n) is 12.1. The Kier molecular flexibility index (Phi) is 7.28. The van der Waals surface area contributed by atoms with Crippen molar-refractivity contribution in [3.63, 3.8) is 0 Å². The van der Waals surface area contributed by atoms with Gasteiger partial charge in [-0.25, -0.2) is 4.68 Å². The molecule has 0 bridgehead atoms. The molecule has 19 heavy (non-hydrogen) atoms. The molecule has 0 spiro atoms. The lowest BCUT2D eigenvalue weighted by Crippen LogP contribution is -2.10. The minimum absolute atomic E-state index is 0.575. The van der Waals surface area contributed by atoms with Gasteiger partial charge < -0.3 is 19.9 Å². The van der Waals surface area contributed by atoms with Gasteiger partial charge in [0.2, 0.25) is 5.88 Å². The summed E-state index contributed by atoms with van der Waals surface area (Å²) in [6, 6.07) is 0. The molecule has 0 aliphatic heterocycles. The molecule has 0 saturated heterocycles. The summed E-state index contributed by atoms with van der Waals surface area (Å²) in [6.45, 7) is 7.28. The first-order valence-corrected chi connectivity index (χ1v) is 6.73. The van der Waals surface area contributed by atoms with Gasteiger partial charge in [-0.1, -0.05) is 6.92 Å². The maximum atomic E-state index is 5.96. The number of ether oxygens (including phenoxy) is 3. The Balaban J connectivity index is 2.32. The molecule has 0 unspecified atom stereocenters. The van der Waals surface area contributed by atoms with Gasteiger partial charge >= 0.3 is 0 Å². The molecule has 0 atom stereocenters. The molecule has 0 aromatic carbocycles. The number of aryl methyl sites for hydroxylation is 2. The minimum Gasteiger partial charge on any atom is -0.476 e.